The SMILES string of the molecule is COc1ccc2c(OC(C)=O)c3cc4ccccc4cc3c(OC(C)=O)c2c1. The summed E-state index contributed by atoms with van der Waals surface area (Å²) in [5, 5.41) is 4.65. The summed E-state index contributed by atoms with van der Waals surface area (Å²) in [6, 6.07) is 17.1. The highest BCUT2D eigenvalue weighted by Crippen LogP contribution is 2.45. The lowest BCUT2D eigenvalue weighted by Crippen LogP contribution is -2.06. The third-order valence-electron chi connectivity index (χ3n) is 4.58. The molecule has 0 heterocycles. The fourth-order valence-corrected chi connectivity index (χ4v) is 3.45. The normalized spacial score (nSPS) is 11.0. The molecule has 140 valence electrons. The summed E-state index contributed by atoms with van der Waals surface area (Å²) in [6.07, 6.45) is 0. The van der Waals surface area contributed by atoms with Gasteiger partial charge in [0.15, 0.2) is 0 Å². The summed E-state index contributed by atoms with van der Waals surface area (Å²) < 4.78 is 16.6. The number of benzene rings is 4. The number of methoxy groups -OCH3 is 1. The van der Waals surface area contributed by atoms with E-state index in [-0.39, 0.29) is 0 Å². The Morgan fingerprint density at radius 1 is 0.679 bits per heavy atom. The van der Waals surface area contributed by atoms with Crippen molar-refractivity contribution in [1.29, 1.82) is 0 Å². The van der Waals surface area contributed by atoms with Crippen molar-refractivity contribution in [3.05, 3.63) is 54.6 Å². The molecule has 0 unspecified atom stereocenters. The van der Waals surface area contributed by atoms with Crippen LogP contribution in [0.1, 0.15) is 13.8 Å². The molecular weight excluding hydrogens is 356 g/mol. The van der Waals surface area contributed by atoms with Gasteiger partial charge < -0.3 is 14.2 Å². The van der Waals surface area contributed by atoms with Gasteiger partial charge in [-0.25, -0.2) is 0 Å². The zero-order valence-corrected chi connectivity index (χ0v) is 15.7. The Balaban J connectivity index is 2.23. The lowest BCUT2D eigenvalue weighted by molar-refractivity contribution is -0.132. The summed E-state index contributed by atoms with van der Waals surface area (Å²) in [6.45, 7) is 2.72. The summed E-state index contributed by atoms with van der Waals surface area (Å²) in [7, 11) is 1.56. The molecule has 0 aromatic heterocycles. The molecule has 5 heteroatoms. The molecule has 0 radical (unpaired) electrons. The molecule has 4 aromatic rings. The van der Waals surface area contributed by atoms with Crippen molar-refractivity contribution in [3.8, 4) is 17.2 Å². The van der Waals surface area contributed by atoms with Crippen LogP contribution in [0, 0.1) is 0 Å². The smallest absolute Gasteiger partial charge is 0.308 e. The lowest BCUT2D eigenvalue weighted by Gasteiger charge is -2.17. The van der Waals surface area contributed by atoms with Crippen molar-refractivity contribution in [1.82, 2.24) is 0 Å². The fraction of sp³-hybridized carbons (Fsp3) is 0.130. The first kappa shape index (κ1) is 17.8. The Hall–Kier alpha value is -3.60. The van der Waals surface area contributed by atoms with Gasteiger partial charge in [-0.1, -0.05) is 24.3 Å². The average Bonchev–Trinajstić information content (AvgIpc) is 2.68. The van der Waals surface area contributed by atoms with E-state index >= 15 is 0 Å². The molecule has 0 aliphatic heterocycles. The maximum atomic E-state index is 11.8. The van der Waals surface area contributed by atoms with Crippen molar-refractivity contribution in [2.75, 3.05) is 7.11 Å². The van der Waals surface area contributed by atoms with Crippen molar-refractivity contribution in [2.24, 2.45) is 0 Å². The zero-order chi connectivity index (χ0) is 19.8. The molecule has 0 fully saturated rings. The van der Waals surface area contributed by atoms with Crippen molar-refractivity contribution in [3.63, 3.8) is 0 Å². The molecule has 4 rings (SSSR count). The monoisotopic (exact) mass is 374 g/mol. The molecule has 0 bridgehead atoms. The third-order valence-corrected chi connectivity index (χ3v) is 4.58. The van der Waals surface area contributed by atoms with E-state index in [1.54, 1.807) is 25.3 Å². The predicted molar refractivity (Wildman–Crippen MR) is 108 cm³/mol. The number of ether oxygens (including phenoxy) is 3. The van der Waals surface area contributed by atoms with E-state index in [1.165, 1.54) is 13.8 Å². The second kappa shape index (κ2) is 6.85. The molecule has 0 N–H and O–H groups in total. The van der Waals surface area contributed by atoms with E-state index in [1.807, 2.05) is 36.4 Å². The van der Waals surface area contributed by atoms with E-state index in [0.717, 1.165) is 10.8 Å². The predicted octanol–water partition coefficient (Wildman–Crippen LogP) is 5.01. The van der Waals surface area contributed by atoms with E-state index in [2.05, 4.69) is 0 Å². The third kappa shape index (κ3) is 3.01. The van der Waals surface area contributed by atoms with Crippen LogP contribution in [0.2, 0.25) is 0 Å². The van der Waals surface area contributed by atoms with E-state index in [9.17, 15) is 9.59 Å². The molecular formula is C23H18O5. The quantitative estimate of drug-likeness (QED) is 0.287. The molecule has 0 saturated heterocycles. The number of hydrogen-bond donors (Lipinski definition) is 0. The topological polar surface area (TPSA) is 61.8 Å². The van der Waals surface area contributed by atoms with Crippen LogP contribution in [-0.4, -0.2) is 19.0 Å². The van der Waals surface area contributed by atoms with Crippen LogP contribution in [0.15, 0.2) is 54.6 Å². The van der Waals surface area contributed by atoms with Crippen molar-refractivity contribution in [2.45, 2.75) is 13.8 Å². The van der Waals surface area contributed by atoms with Crippen LogP contribution in [0.3, 0.4) is 0 Å². The van der Waals surface area contributed by atoms with Crippen LogP contribution in [0.4, 0.5) is 0 Å². The minimum Gasteiger partial charge on any atom is -0.497 e. The molecule has 0 atom stereocenters. The molecule has 0 spiro atoms. The van der Waals surface area contributed by atoms with Crippen molar-refractivity contribution >= 4 is 44.3 Å². The van der Waals surface area contributed by atoms with E-state index < -0.39 is 11.9 Å². The van der Waals surface area contributed by atoms with Gasteiger partial charge in [0.2, 0.25) is 0 Å². The molecule has 0 saturated carbocycles. The van der Waals surface area contributed by atoms with Gasteiger partial charge >= 0.3 is 11.9 Å². The van der Waals surface area contributed by atoms with Gasteiger partial charge in [0.1, 0.15) is 17.2 Å². The Morgan fingerprint density at radius 3 is 1.68 bits per heavy atom. The second-order valence-electron chi connectivity index (χ2n) is 6.50. The van der Waals surface area contributed by atoms with Gasteiger partial charge in [0.05, 0.1) is 7.11 Å². The number of carbonyl (C=O) groups excluding carboxylic acids is 2. The van der Waals surface area contributed by atoms with Gasteiger partial charge in [-0.05, 0) is 41.1 Å². The molecule has 5 nitrogen and oxygen atoms in total. The van der Waals surface area contributed by atoms with Crippen LogP contribution < -0.4 is 14.2 Å². The number of fused-ring (bicyclic) bond motifs is 3. The maximum Gasteiger partial charge on any atom is 0.308 e. The minimum atomic E-state index is -0.432. The number of carbonyl (C=O) groups is 2. The molecule has 0 amide bonds. The summed E-state index contributed by atoms with van der Waals surface area (Å²) >= 11 is 0. The Morgan fingerprint density at radius 2 is 1.18 bits per heavy atom. The standard InChI is InChI=1S/C23H18O5/c1-13(24)27-22-18-9-8-17(26-3)12-21(18)23(28-14(2)25)20-11-16-7-5-4-6-15(16)10-19(20)22/h4-12H,1-3H3. The highest BCUT2D eigenvalue weighted by atomic mass is 16.5. The summed E-state index contributed by atoms with van der Waals surface area (Å²) in [5.41, 5.74) is 0. The lowest BCUT2D eigenvalue weighted by atomic mass is 9.97. The van der Waals surface area contributed by atoms with Crippen molar-refractivity contribution < 1.29 is 23.8 Å². The van der Waals surface area contributed by atoms with Gasteiger partial charge in [-0.15, -0.1) is 0 Å². The first-order valence-corrected chi connectivity index (χ1v) is 8.81. The summed E-state index contributed by atoms with van der Waals surface area (Å²) in [5.74, 6) is 0.598. The van der Waals surface area contributed by atoms with E-state index in [0.29, 0.717) is 38.8 Å². The molecule has 28 heavy (non-hydrogen) atoms. The van der Waals surface area contributed by atoms with Crippen LogP contribution >= 0.6 is 0 Å². The summed E-state index contributed by atoms with van der Waals surface area (Å²) in [4.78, 5) is 23.7. The van der Waals surface area contributed by atoms with Gasteiger partial charge in [-0.3, -0.25) is 9.59 Å². The first-order chi connectivity index (χ1) is 13.5. The van der Waals surface area contributed by atoms with Gasteiger partial charge in [0.25, 0.3) is 0 Å². The number of esters is 2. The average molecular weight is 374 g/mol. The van der Waals surface area contributed by atoms with E-state index in [4.69, 9.17) is 14.2 Å². The fourth-order valence-electron chi connectivity index (χ4n) is 3.45. The Bertz CT molecular complexity index is 1260. The Kier molecular flexibility index (Phi) is 4.35. The number of hydrogen-bond acceptors (Lipinski definition) is 5. The first-order valence-electron chi connectivity index (χ1n) is 8.81. The molecule has 0 aliphatic rings. The van der Waals surface area contributed by atoms with Crippen LogP contribution in [0.25, 0.3) is 32.3 Å². The zero-order valence-electron chi connectivity index (χ0n) is 15.7. The van der Waals surface area contributed by atoms with Gasteiger partial charge in [-0.2, -0.15) is 0 Å². The molecule has 4 aromatic carbocycles. The largest absolute Gasteiger partial charge is 0.497 e. The second-order valence-corrected chi connectivity index (χ2v) is 6.50. The highest BCUT2D eigenvalue weighted by molar-refractivity contribution is 6.16. The maximum absolute atomic E-state index is 11.8. The number of rotatable bonds is 3. The Labute approximate surface area is 161 Å². The minimum absolute atomic E-state index is 0.415. The van der Waals surface area contributed by atoms with Gasteiger partial charge in [0, 0.05) is 35.4 Å². The van der Waals surface area contributed by atoms with Crippen LogP contribution in [0.5, 0.6) is 17.2 Å². The molecule has 0 aliphatic carbocycles. The van der Waals surface area contributed by atoms with Crippen LogP contribution in [-0.2, 0) is 9.59 Å². The highest BCUT2D eigenvalue weighted by Gasteiger charge is 2.20.